The standard InChI is InChI=1S/C25H26FN5O/c1-4-30-23(22(24(32)31(30)5-2)19-11-13-20(26)14-12-19)21-15-16-27-25(28-21)29(3)17-18-9-7-6-8-10-18/h6-16H,4-5,17H2,1-3H3. The smallest absolute Gasteiger partial charge is 0.275 e. The molecule has 0 radical (unpaired) electrons. The number of benzene rings is 2. The second-order valence-electron chi connectivity index (χ2n) is 7.55. The number of anilines is 1. The van der Waals surface area contributed by atoms with E-state index in [-0.39, 0.29) is 11.4 Å². The summed E-state index contributed by atoms with van der Waals surface area (Å²) in [6.07, 6.45) is 1.71. The monoisotopic (exact) mass is 431 g/mol. The third kappa shape index (κ3) is 4.06. The first kappa shape index (κ1) is 21.5. The molecule has 0 fully saturated rings. The van der Waals surface area contributed by atoms with E-state index >= 15 is 0 Å². The molecule has 32 heavy (non-hydrogen) atoms. The van der Waals surface area contributed by atoms with E-state index in [2.05, 4.69) is 17.1 Å². The summed E-state index contributed by atoms with van der Waals surface area (Å²) in [5.74, 6) is 0.226. The van der Waals surface area contributed by atoms with Crippen molar-refractivity contribution < 1.29 is 4.39 Å². The molecule has 0 atom stereocenters. The van der Waals surface area contributed by atoms with E-state index in [9.17, 15) is 9.18 Å². The summed E-state index contributed by atoms with van der Waals surface area (Å²) in [7, 11) is 1.94. The van der Waals surface area contributed by atoms with Crippen LogP contribution in [0.1, 0.15) is 19.4 Å². The molecule has 0 N–H and O–H groups in total. The van der Waals surface area contributed by atoms with Gasteiger partial charge in [0.1, 0.15) is 5.82 Å². The molecular weight excluding hydrogens is 405 g/mol. The molecular formula is C25H26FN5O. The van der Waals surface area contributed by atoms with Gasteiger partial charge in [-0.15, -0.1) is 0 Å². The third-order valence-electron chi connectivity index (χ3n) is 5.46. The van der Waals surface area contributed by atoms with Gasteiger partial charge in [0.15, 0.2) is 0 Å². The van der Waals surface area contributed by atoms with Crippen LogP contribution in [0, 0.1) is 5.82 Å². The van der Waals surface area contributed by atoms with E-state index in [1.807, 2.05) is 54.7 Å². The van der Waals surface area contributed by atoms with Crippen molar-refractivity contribution in [3.63, 3.8) is 0 Å². The lowest BCUT2D eigenvalue weighted by Crippen LogP contribution is -2.22. The van der Waals surface area contributed by atoms with Crippen molar-refractivity contribution in [2.45, 2.75) is 33.5 Å². The van der Waals surface area contributed by atoms with Crippen molar-refractivity contribution in [2.24, 2.45) is 0 Å². The molecule has 0 spiro atoms. The molecule has 2 aromatic heterocycles. The van der Waals surface area contributed by atoms with Gasteiger partial charge >= 0.3 is 0 Å². The first-order valence-corrected chi connectivity index (χ1v) is 10.7. The molecule has 0 saturated heterocycles. The summed E-state index contributed by atoms with van der Waals surface area (Å²) in [5, 5.41) is 0. The normalized spacial score (nSPS) is 11.0. The minimum absolute atomic E-state index is 0.117. The Hall–Kier alpha value is -3.74. The molecule has 0 aliphatic carbocycles. The molecule has 2 aromatic carbocycles. The molecule has 0 saturated carbocycles. The average molecular weight is 432 g/mol. The Bertz CT molecular complexity index is 1260. The summed E-state index contributed by atoms with van der Waals surface area (Å²) in [4.78, 5) is 24.5. The average Bonchev–Trinajstić information content (AvgIpc) is 3.11. The van der Waals surface area contributed by atoms with Gasteiger partial charge in [0.25, 0.3) is 5.56 Å². The Labute approximate surface area is 186 Å². The third-order valence-corrected chi connectivity index (χ3v) is 5.46. The van der Waals surface area contributed by atoms with Crippen LogP contribution in [0.25, 0.3) is 22.5 Å². The van der Waals surface area contributed by atoms with Crippen LogP contribution in [0.15, 0.2) is 71.7 Å². The summed E-state index contributed by atoms with van der Waals surface area (Å²) >= 11 is 0. The van der Waals surface area contributed by atoms with Crippen LogP contribution in [0.2, 0.25) is 0 Å². The van der Waals surface area contributed by atoms with Crippen molar-refractivity contribution in [3.05, 3.63) is 88.6 Å². The molecule has 0 aliphatic rings. The number of nitrogens with zero attached hydrogens (tertiary/aromatic N) is 5. The predicted octanol–water partition coefficient (Wildman–Crippen LogP) is 4.59. The summed E-state index contributed by atoms with van der Waals surface area (Å²) in [6.45, 7) is 5.70. The molecule has 0 amide bonds. The predicted molar refractivity (Wildman–Crippen MR) is 125 cm³/mol. The lowest BCUT2D eigenvalue weighted by atomic mass is 10.0. The van der Waals surface area contributed by atoms with Crippen LogP contribution in [0.5, 0.6) is 0 Å². The highest BCUT2D eigenvalue weighted by Crippen LogP contribution is 2.30. The van der Waals surface area contributed by atoms with Crippen LogP contribution in [-0.2, 0) is 19.6 Å². The van der Waals surface area contributed by atoms with Gasteiger partial charge in [-0.2, -0.15) is 0 Å². The van der Waals surface area contributed by atoms with E-state index in [0.29, 0.717) is 48.1 Å². The Kier molecular flexibility index (Phi) is 6.16. The zero-order valence-electron chi connectivity index (χ0n) is 18.5. The van der Waals surface area contributed by atoms with Gasteiger partial charge in [-0.05, 0) is 43.2 Å². The lowest BCUT2D eigenvalue weighted by Gasteiger charge is -2.18. The molecule has 7 heteroatoms. The number of aromatic nitrogens is 4. The van der Waals surface area contributed by atoms with Crippen molar-refractivity contribution in [2.75, 3.05) is 11.9 Å². The van der Waals surface area contributed by atoms with Gasteiger partial charge in [-0.3, -0.25) is 9.48 Å². The van der Waals surface area contributed by atoms with Gasteiger partial charge in [-0.1, -0.05) is 42.5 Å². The fourth-order valence-electron chi connectivity index (χ4n) is 3.96. The Morgan fingerprint density at radius 2 is 1.62 bits per heavy atom. The molecule has 0 unspecified atom stereocenters. The molecule has 4 rings (SSSR count). The lowest BCUT2D eigenvalue weighted by molar-refractivity contribution is 0.481. The first-order chi connectivity index (χ1) is 15.5. The van der Waals surface area contributed by atoms with Crippen molar-refractivity contribution in [1.82, 2.24) is 19.3 Å². The molecule has 0 bridgehead atoms. The minimum Gasteiger partial charge on any atom is -0.340 e. The summed E-state index contributed by atoms with van der Waals surface area (Å²) < 4.78 is 17.2. The Balaban J connectivity index is 1.83. The minimum atomic E-state index is -0.340. The highest BCUT2D eigenvalue weighted by atomic mass is 19.1. The highest BCUT2D eigenvalue weighted by molar-refractivity contribution is 5.79. The van der Waals surface area contributed by atoms with Gasteiger partial charge in [0.2, 0.25) is 5.95 Å². The van der Waals surface area contributed by atoms with Crippen molar-refractivity contribution in [1.29, 1.82) is 0 Å². The molecule has 4 aromatic rings. The van der Waals surface area contributed by atoms with Gasteiger partial charge in [0.05, 0.1) is 17.0 Å². The van der Waals surface area contributed by atoms with Crippen LogP contribution in [0.4, 0.5) is 10.3 Å². The topological polar surface area (TPSA) is 56.0 Å². The van der Waals surface area contributed by atoms with Gasteiger partial charge in [-0.25, -0.2) is 19.0 Å². The summed E-state index contributed by atoms with van der Waals surface area (Å²) in [5.41, 5.74) is 3.58. The van der Waals surface area contributed by atoms with E-state index < -0.39 is 0 Å². The van der Waals surface area contributed by atoms with Crippen molar-refractivity contribution >= 4 is 5.95 Å². The number of rotatable bonds is 7. The van der Waals surface area contributed by atoms with E-state index in [1.165, 1.54) is 12.1 Å². The number of hydrogen-bond acceptors (Lipinski definition) is 4. The Morgan fingerprint density at radius 3 is 2.28 bits per heavy atom. The van der Waals surface area contributed by atoms with Crippen LogP contribution in [0.3, 0.4) is 0 Å². The Morgan fingerprint density at radius 1 is 0.938 bits per heavy atom. The van der Waals surface area contributed by atoms with E-state index in [4.69, 9.17) is 4.98 Å². The molecule has 164 valence electrons. The SMILES string of the molecule is CCn1c(-c2ccnc(N(C)Cc3ccccc3)n2)c(-c2ccc(F)cc2)c(=O)n1CC. The molecule has 2 heterocycles. The second kappa shape index (κ2) is 9.18. The summed E-state index contributed by atoms with van der Waals surface area (Å²) in [6, 6.07) is 17.9. The van der Waals surface area contributed by atoms with E-state index in [1.54, 1.807) is 23.0 Å². The maximum absolute atomic E-state index is 13.5. The number of halogens is 1. The maximum atomic E-state index is 13.5. The highest BCUT2D eigenvalue weighted by Gasteiger charge is 2.23. The van der Waals surface area contributed by atoms with Gasteiger partial charge in [0, 0.05) is 32.9 Å². The van der Waals surface area contributed by atoms with Gasteiger partial charge < -0.3 is 4.90 Å². The quantitative estimate of drug-likeness (QED) is 0.430. The maximum Gasteiger partial charge on any atom is 0.275 e. The second-order valence-corrected chi connectivity index (χ2v) is 7.55. The fraction of sp³-hybridized carbons (Fsp3) is 0.240. The van der Waals surface area contributed by atoms with Crippen molar-refractivity contribution in [3.8, 4) is 22.5 Å². The fourth-order valence-corrected chi connectivity index (χ4v) is 3.96. The van der Waals surface area contributed by atoms with Crippen LogP contribution < -0.4 is 10.5 Å². The molecule has 0 aliphatic heterocycles. The zero-order chi connectivity index (χ0) is 22.7. The first-order valence-electron chi connectivity index (χ1n) is 10.7. The zero-order valence-corrected chi connectivity index (χ0v) is 18.5. The molecule has 6 nitrogen and oxygen atoms in total. The largest absolute Gasteiger partial charge is 0.340 e. The van der Waals surface area contributed by atoms with E-state index in [0.717, 1.165) is 5.56 Å². The van der Waals surface area contributed by atoms with Crippen LogP contribution >= 0.6 is 0 Å². The number of hydrogen-bond donors (Lipinski definition) is 0. The van der Waals surface area contributed by atoms with Crippen LogP contribution in [-0.4, -0.2) is 26.4 Å².